The van der Waals surface area contributed by atoms with Crippen LogP contribution in [-0.4, -0.2) is 48.5 Å². The van der Waals surface area contributed by atoms with Crippen molar-refractivity contribution in [3.63, 3.8) is 0 Å². The first-order valence-corrected chi connectivity index (χ1v) is 8.46. The molecule has 0 radical (unpaired) electrons. The van der Waals surface area contributed by atoms with Gasteiger partial charge in [0.15, 0.2) is 0 Å². The molecule has 0 unspecified atom stereocenters. The molecule has 0 spiro atoms. The van der Waals surface area contributed by atoms with Gasteiger partial charge in [-0.05, 0) is 57.9 Å². The van der Waals surface area contributed by atoms with E-state index in [0.29, 0.717) is 18.1 Å². The van der Waals surface area contributed by atoms with Gasteiger partial charge < -0.3 is 10.5 Å². The molecule has 0 aromatic heterocycles. The molecule has 4 heteroatoms. The van der Waals surface area contributed by atoms with Gasteiger partial charge in [-0.1, -0.05) is 0 Å². The standard InChI is InChI=1S/C17H29N3O/c1-12(13(2)18)9-19-14-3-5-15(6-4-14)20-16-7-8-17(20)11-21-10-16/h9,14-17H,3-8,10-11,18H2,1-2H3/t14?,15?,16-,17+. The van der Waals surface area contributed by atoms with Crippen molar-refractivity contribution >= 4 is 6.21 Å². The van der Waals surface area contributed by atoms with Crippen LogP contribution in [-0.2, 0) is 4.74 Å². The summed E-state index contributed by atoms with van der Waals surface area (Å²) >= 11 is 0. The quantitative estimate of drug-likeness (QED) is 0.813. The van der Waals surface area contributed by atoms with Crippen LogP contribution in [0.3, 0.4) is 0 Å². The topological polar surface area (TPSA) is 50.8 Å². The molecule has 1 saturated carbocycles. The molecule has 2 heterocycles. The molecule has 3 aliphatic rings. The minimum Gasteiger partial charge on any atom is -0.402 e. The fourth-order valence-electron chi connectivity index (χ4n) is 4.08. The highest BCUT2D eigenvalue weighted by Gasteiger charge is 2.41. The summed E-state index contributed by atoms with van der Waals surface area (Å²) in [5.74, 6) is 0. The van der Waals surface area contributed by atoms with Crippen LogP contribution < -0.4 is 5.73 Å². The first kappa shape index (κ1) is 15.0. The predicted octanol–water partition coefficient (Wildman–Crippen LogP) is 2.48. The van der Waals surface area contributed by atoms with Gasteiger partial charge in [0.05, 0.1) is 19.3 Å². The number of hydrogen-bond acceptors (Lipinski definition) is 4. The van der Waals surface area contributed by atoms with E-state index in [1.807, 2.05) is 20.1 Å². The fraction of sp³-hybridized carbons (Fsp3) is 0.824. The summed E-state index contributed by atoms with van der Waals surface area (Å²) in [6.07, 6.45) is 9.66. The second-order valence-corrected chi connectivity index (χ2v) is 6.98. The number of nitrogens with two attached hydrogens (primary N) is 1. The number of morpholine rings is 1. The van der Waals surface area contributed by atoms with E-state index in [1.165, 1.54) is 38.5 Å². The zero-order valence-corrected chi connectivity index (χ0v) is 13.4. The number of ether oxygens (including phenoxy) is 1. The minimum atomic E-state index is 0.495. The van der Waals surface area contributed by atoms with Gasteiger partial charge >= 0.3 is 0 Å². The number of fused-ring (bicyclic) bond motifs is 2. The van der Waals surface area contributed by atoms with E-state index >= 15 is 0 Å². The van der Waals surface area contributed by atoms with Gasteiger partial charge in [0.1, 0.15) is 0 Å². The fourth-order valence-corrected chi connectivity index (χ4v) is 4.08. The molecular formula is C17H29N3O. The van der Waals surface area contributed by atoms with Gasteiger partial charge in [0, 0.05) is 30.0 Å². The van der Waals surface area contributed by atoms with Crippen molar-refractivity contribution < 1.29 is 4.74 Å². The predicted molar refractivity (Wildman–Crippen MR) is 86.6 cm³/mol. The van der Waals surface area contributed by atoms with Crippen molar-refractivity contribution in [2.75, 3.05) is 13.2 Å². The molecule has 0 aromatic rings. The van der Waals surface area contributed by atoms with Crippen molar-refractivity contribution in [2.24, 2.45) is 10.7 Å². The van der Waals surface area contributed by atoms with Gasteiger partial charge in [0.25, 0.3) is 0 Å². The van der Waals surface area contributed by atoms with Gasteiger partial charge in [-0.2, -0.15) is 0 Å². The Hall–Kier alpha value is -0.870. The van der Waals surface area contributed by atoms with E-state index in [-0.39, 0.29) is 0 Å². The smallest absolute Gasteiger partial charge is 0.0622 e. The van der Waals surface area contributed by atoms with Crippen molar-refractivity contribution in [1.82, 2.24) is 4.90 Å². The number of nitrogens with zero attached hydrogens (tertiary/aromatic N) is 2. The average molecular weight is 291 g/mol. The largest absolute Gasteiger partial charge is 0.402 e. The molecule has 3 fully saturated rings. The van der Waals surface area contributed by atoms with Gasteiger partial charge in [-0.15, -0.1) is 0 Å². The molecule has 21 heavy (non-hydrogen) atoms. The van der Waals surface area contributed by atoms with E-state index in [9.17, 15) is 0 Å². The number of aliphatic imine (C=N–C) groups is 1. The Kier molecular flexibility index (Phi) is 4.65. The average Bonchev–Trinajstić information content (AvgIpc) is 2.74. The van der Waals surface area contributed by atoms with Gasteiger partial charge in [0.2, 0.25) is 0 Å². The molecule has 4 nitrogen and oxygen atoms in total. The second-order valence-electron chi connectivity index (χ2n) is 6.98. The van der Waals surface area contributed by atoms with Gasteiger partial charge in [-0.3, -0.25) is 9.89 Å². The maximum absolute atomic E-state index is 5.78. The third kappa shape index (κ3) is 3.32. The van der Waals surface area contributed by atoms with E-state index in [2.05, 4.69) is 4.90 Å². The number of rotatable bonds is 3. The molecule has 2 atom stereocenters. The van der Waals surface area contributed by atoms with Crippen LogP contribution in [0, 0.1) is 0 Å². The lowest BCUT2D eigenvalue weighted by atomic mass is 9.89. The van der Waals surface area contributed by atoms with Crippen LogP contribution in [0.2, 0.25) is 0 Å². The van der Waals surface area contributed by atoms with Crippen LogP contribution in [0.5, 0.6) is 0 Å². The molecule has 118 valence electrons. The molecule has 1 aliphatic carbocycles. The van der Waals surface area contributed by atoms with Crippen molar-refractivity contribution in [1.29, 1.82) is 0 Å². The molecular weight excluding hydrogens is 262 g/mol. The molecule has 0 aromatic carbocycles. The minimum absolute atomic E-state index is 0.495. The van der Waals surface area contributed by atoms with Crippen LogP contribution in [0.25, 0.3) is 0 Å². The lowest BCUT2D eigenvalue weighted by Crippen LogP contribution is -2.52. The van der Waals surface area contributed by atoms with E-state index in [1.54, 1.807) is 0 Å². The highest BCUT2D eigenvalue weighted by atomic mass is 16.5. The maximum Gasteiger partial charge on any atom is 0.0622 e. The molecule has 2 bridgehead atoms. The number of allylic oxidation sites excluding steroid dienone is 2. The summed E-state index contributed by atoms with van der Waals surface area (Å²) in [6.45, 7) is 5.88. The summed E-state index contributed by atoms with van der Waals surface area (Å²) < 4.78 is 5.70. The first-order valence-electron chi connectivity index (χ1n) is 8.46. The van der Waals surface area contributed by atoms with E-state index < -0.39 is 0 Å². The van der Waals surface area contributed by atoms with Crippen molar-refractivity contribution in [2.45, 2.75) is 76.5 Å². The Morgan fingerprint density at radius 1 is 1.00 bits per heavy atom. The highest BCUT2D eigenvalue weighted by molar-refractivity contribution is 5.78. The van der Waals surface area contributed by atoms with Crippen LogP contribution in [0.4, 0.5) is 0 Å². The third-order valence-corrected chi connectivity index (χ3v) is 5.49. The summed E-state index contributed by atoms with van der Waals surface area (Å²) in [4.78, 5) is 7.52. The number of hydrogen-bond donors (Lipinski definition) is 1. The highest BCUT2D eigenvalue weighted by Crippen LogP contribution is 2.36. The van der Waals surface area contributed by atoms with Crippen molar-refractivity contribution in [3.05, 3.63) is 11.3 Å². The zero-order valence-electron chi connectivity index (χ0n) is 13.4. The maximum atomic E-state index is 5.78. The summed E-state index contributed by atoms with van der Waals surface area (Å²) in [5.41, 5.74) is 7.75. The van der Waals surface area contributed by atoms with Crippen LogP contribution in [0.15, 0.2) is 16.3 Å². The molecule has 0 amide bonds. The van der Waals surface area contributed by atoms with Gasteiger partial charge in [-0.25, -0.2) is 0 Å². The lowest BCUT2D eigenvalue weighted by molar-refractivity contribution is -0.0439. The molecule has 3 rings (SSSR count). The first-order chi connectivity index (χ1) is 10.1. The Morgan fingerprint density at radius 3 is 2.14 bits per heavy atom. The van der Waals surface area contributed by atoms with E-state index in [4.69, 9.17) is 15.5 Å². The van der Waals surface area contributed by atoms with Crippen LogP contribution in [0.1, 0.15) is 52.4 Å². The van der Waals surface area contributed by atoms with Crippen molar-refractivity contribution in [3.8, 4) is 0 Å². The normalized spacial score (nSPS) is 38.8. The zero-order chi connectivity index (χ0) is 14.8. The molecule has 2 aliphatic heterocycles. The Labute approximate surface area is 128 Å². The van der Waals surface area contributed by atoms with Crippen LogP contribution >= 0.6 is 0 Å². The Balaban J connectivity index is 1.53. The summed E-state index contributed by atoms with van der Waals surface area (Å²) in [7, 11) is 0. The molecule has 2 N–H and O–H groups in total. The Morgan fingerprint density at radius 2 is 1.57 bits per heavy atom. The second kappa shape index (κ2) is 6.49. The third-order valence-electron chi connectivity index (χ3n) is 5.49. The summed E-state index contributed by atoms with van der Waals surface area (Å²) in [5, 5.41) is 0. The summed E-state index contributed by atoms with van der Waals surface area (Å²) in [6, 6.07) is 2.65. The monoisotopic (exact) mass is 291 g/mol. The lowest BCUT2D eigenvalue weighted by Gasteiger charge is -2.43. The molecule has 2 saturated heterocycles. The van der Waals surface area contributed by atoms with E-state index in [0.717, 1.165) is 30.5 Å². The SMILES string of the molecule is CC(N)=C(C)C=NC1CCC(N2[C@@H]3CC[C@H]2COC3)CC1. The Bertz CT molecular complexity index is 404.